The van der Waals surface area contributed by atoms with Gasteiger partial charge in [-0.25, -0.2) is 0 Å². The molecule has 0 saturated heterocycles. The summed E-state index contributed by atoms with van der Waals surface area (Å²) < 4.78 is 0. The maximum absolute atomic E-state index is 11.0. The van der Waals surface area contributed by atoms with Crippen LogP contribution in [0, 0.1) is 10.1 Å². The van der Waals surface area contributed by atoms with Gasteiger partial charge in [0, 0.05) is 24.7 Å². The maximum Gasteiger partial charge on any atom is 0.293 e. The summed E-state index contributed by atoms with van der Waals surface area (Å²) in [5.74, 6) is -0.699. The molecule has 0 unspecified atom stereocenters. The van der Waals surface area contributed by atoms with Crippen molar-refractivity contribution in [1.82, 2.24) is 0 Å². The number of benzene rings is 1. The highest BCUT2D eigenvalue weighted by Gasteiger charge is 2.16. The summed E-state index contributed by atoms with van der Waals surface area (Å²) in [5.41, 5.74) is 12.9. The fourth-order valence-corrected chi connectivity index (χ4v) is 1.54. The minimum atomic E-state index is -0.699. The number of primary amides is 1. The van der Waals surface area contributed by atoms with Crippen LogP contribution in [-0.4, -0.2) is 23.9 Å². The quantitative estimate of drug-likeness (QED) is 0.419. The minimum Gasteiger partial charge on any atom is -0.376 e. The van der Waals surface area contributed by atoms with Crippen molar-refractivity contribution in [2.75, 3.05) is 18.4 Å². The first-order chi connectivity index (χ1) is 9.36. The van der Waals surface area contributed by atoms with E-state index < -0.39 is 10.8 Å². The van der Waals surface area contributed by atoms with Crippen LogP contribution in [0.2, 0.25) is 0 Å². The van der Waals surface area contributed by atoms with Crippen molar-refractivity contribution in [1.29, 1.82) is 0 Å². The second-order valence-corrected chi connectivity index (χ2v) is 4.47. The summed E-state index contributed by atoms with van der Waals surface area (Å²) in [4.78, 5) is 21.5. The van der Waals surface area contributed by atoms with Crippen molar-refractivity contribution in [2.45, 2.75) is 13.8 Å². The van der Waals surface area contributed by atoms with Gasteiger partial charge in [0.1, 0.15) is 5.69 Å². The van der Waals surface area contributed by atoms with Crippen LogP contribution in [0.5, 0.6) is 0 Å². The highest BCUT2D eigenvalue weighted by molar-refractivity contribution is 5.94. The molecule has 5 N–H and O–H groups in total. The van der Waals surface area contributed by atoms with E-state index >= 15 is 0 Å². The number of nitro groups is 1. The van der Waals surface area contributed by atoms with Crippen LogP contribution < -0.4 is 16.8 Å². The summed E-state index contributed by atoms with van der Waals surface area (Å²) in [6.45, 7) is 4.69. The largest absolute Gasteiger partial charge is 0.376 e. The number of nitrogens with one attached hydrogen (secondary N) is 1. The van der Waals surface area contributed by atoms with Gasteiger partial charge in [-0.2, -0.15) is 0 Å². The van der Waals surface area contributed by atoms with Crippen LogP contribution in [-0.2, 0) is 0 Å². The summed E-state index contributed by atoms with van der Waals surface area (Å²) >= 11 is 0. The molecular formula is C13H19ClN4O3. The van der Waals surface area contributed by atoms with E-state index in [1.165, 1.54) is 18.2 Å². The number of nitro benzene ring substituents is 1. The standard InChI is InChI=1S/C13H18N4O3.ClH/c1-8(6-14)9(2)7-16-11-4-3-10(13(15)18)5-12(11)17(19)20;/h3-5,16H,6-7,14H2,1-2H3,(H2,15,18);1H/b9-8+;. The third-order valence-electron chi connectivity index (χ3n) is 3.06. The van der Waals surface area contributed by atoms with Crippen LogP contribution in [0.1, 0.15) is 24.2 Å². The number of amides is 1. The molecule has 0 aromatic heterocycles. The highest BCUT2D eigenvalue weighted by atomic mass is 35.5. The van der Waals surface area contributed by atoms with Gasteiger partial charge in [0.2, 0.25) is 5.91 Å². The van der Waals surface area contributed by atoms with E-state index in [9.17, 15) is 14.9 Å². The first-order valence-electron chi connectivity index (χ1n) is 6.04. The number of rotatable bonds is 6. The minimum absolute atomic E-state index is 0. The zero-order chi connectivity index (χ0) is 15.3. The maximum atomic E-state index is 11.0. The average molecular weight is 315 g/mol. The summed E-state index contributed by atoms with van der Waals surface area (Å²) in [6.07, 6.45) is 0. The molecule has 1 rings (SSSR count). The van der Waals surface area contributed by atoms with Gasteiger partial charge in [0.25, 0.3) is 5.69 Å². The number of hydrogen-bond acceptors (Lipinski definition) is 5. The lowest BCUT2D eigenvalue weighted by Gasteiger charge is -2.10. The van der Waals surface area contributed by atoms with Crippen LogP contribution in [0.4, 0.5) is 11.4 Å². The monoisotopic (exact) mass is 314 g/mol. The molecule has 0 radical (unpaired) electrons. The fraction of sp³-hybridized carbons (Fsp3) is 0.308. The average Bonchev–Trinajstić information content (AvgIpc) is 2.43. The zero-order valence-corrected chi connectivity index (χ0v) is 12.7. The smallest absolute Gasteiger partial charge is 0.293 e. The van der Waals surface area contributed by atoms with Crippen molar-refractivity contribution in [3.05, 3.63) is 45.0 Å². The predicted octanol–water partition coefficient (Wildman–Crippen LogP) is 1.82. The first-order valence-corrected chi connectivity index (χ1v) is 6.04. The third-order valence-corrected chi connectivity index (χ3v) is 3.06. The third kappa shape index (κ3) is 5.05. The Bertz CT molecular complexity index is 573. The van der Waals surface area contributed by atoms with Crippen molar-refractivity contribution in [3.63, 3.8) is 0 Å². The van der Waals surface area contributed by atoms with Gasteiger partial charge < -0.3 is 16.8 Å². The summed E-state index contributed by atoms with van der Waals surface area (Å²) in [5, 5.41) is 14.0. The van der Waals surface area contributed by atoms with E-state index in [1.54, 1.807) is 0 Å². The Morgan fingerprint density at radius 1 is 1.33 bits per heavy atom. The molecule has 1 aromatic carbocycles. The van der Waals surface area contributed by atoms with Gasteiger partial charge in [0.15, 0.2) is 0 Å². The molecule has 116 valence electrons. The Morgan fingerprint density at radius 3 is 2.43 bits per heavy atom. The van der Waals surface area contributed by atoms with Crippen LogP contribution >= 0.6 is 12.4 Å². The molecule has 8 heteroatoms. The van der Waals surface area contributed by atoms with Gasteiger partial charge in [-0.1, -0.05) is 11.1 Å². The molecule has 7 nitrogen and oxygen atoms in total. The Balaban J connectivity index is 0.00000400. The molecule has 1 aromatic rings. The van der Waals surface area contributed by atoms with Crippen molar-refractivity contribution in [2.24, 2.45) is 11.5 Å². The summed E-state index contributed by atoms with van der Waals surface area (Å²) in [7, 11) is 0. The van der Waals surface area contributed by atoms with Crippen LogP contribution in [0.25, 0.3) is 0 Å². The molecular weight excluding hydrogens is 296 g/mol. The van der Waals surface area contributed by atoms with E-state index in [2.05, 4.69) is 5.32 Å². The Labute approximate surface area is 128 Å². The van der Waals surface area contributed by atoms with Gasteiger partial charge in [0.05, 0.1) is 4.92 Å². The number of anilines is 1. The fourth-order valence-electron chi connectivity index (χ4n) is 1.54. The molecule has 0 atom stereocenters. The Kier molecular flexibility index (Phi) is 7.40. The van der Waals surface area contributed by atoms with Crippen molar-refractivity contribution in [3.8, 4) is 0 Å². The molecule has 0 aliphatic carbocycles. The second kappa shape index (κ2) is 8.23. The van der Waals surface area contributed by atoms with Gasteiger partial charge in [-0.15, -0.1) is 12.4 Å². The number of carbonyl (C=O) groups excluding carboxylic acids is 1. The van der Waals surface area contributed by atoms with Crippen molar-refractivity contribution < 1.29 is 9.72 Å². The predicted molar refractivity (Wildman–Crippen MR) is 84.8 cm³/mol. The highest BCUT2D eigenvalue weighted by Crippen LogP contribution is 2.25. The number of carbonyl (C=O) groups is 1. The van der Waals surface area contributed by atoms with Gasteiger partial charge in [-0.05, 0) is 26.0 Å². The van der Waals surface area contributed by atoms with E-state index in [0.29, 0.717) is 18.8 Å². The Hall–Kier alpha value is -2.12. The van der Waals surface area contributed by atoms with E-state index in [0.717, 1.165) is 11.1 Å². The number of nitrogens with two attached hydrogens (primary N) is 2. The SMILES string of the molecule is C/C(CN)=C(/C)CNc1ccc(C(N)=O)cc1[N+](=O)[O-].Cl. The zero-order valence-electron chi connectivity index (χ0n) is 11.9. The topological polar surface area (TPSA) is 124 Å². The lowest BCUT2D eigenvalue weighted by molar-refractivity contribution is -0.384. The Morgan fingerprint density at radius 2 is 1.95 bits per heavy atom. The van der Waals surface area contributed by atoms with Crippen LogP contribution in [0.15, 0.2) is 29.3 Å². The molecule has 0 saturated carbocycles. The van der Waals surface area contributed by atoms with Gasteiger partial charge >= 0.3 is 0 Å². The normalized spacial score (nSPS) is 11.2. The van der Waals surface area contributed by atoms with E-state index in [4.69, 9.17) is 11.5 Å². The second-order valence-electron chi connectivity index (χ2n) is 4.47. The van der Waals surface area contributed by atoms with Crippen molar-refractivity contribution >= 4 is 29.7 Å². The number of nitrogens with zero attached hydrogens (tertiary/aromatic N) is 1. The lowest BCUT2D eigenvalue weighted by atomic mass is 10.1. The molecule has 0 fully saturated rings. The summed E-state index contributed by atoms with van der Waals surface area (Å²) in [6, 6.07) is 4.09. The molecule has 0 heterocycles. The van der Waals surface area contributed by atoms with Gasteiger partial charge in [-0.3, -0.25) is 14.9 Å². The molecule has 0 aliphatic rings. The molecule has 21 heavy (non-hydrogen) atoms. The molecule has 1 amide bonds. The molecule has 0 spiro atoms. The number of halogens is 1. The lowest BCUT2D eigenvalue weighted by Crippen LogP contribution is -2.13. The van der Waals surface area contributed by atoms with E-state index in [-0.39, 0.29) is 23.7 Å². The molecule has 0 aliphatic heterocycles. The molecule has 0 bridgehead atoms. The number of hydrogen-bond donors (Lipinski definition) is 3. The van der Waals surface area contributed by atoms with Crippen LogP contribution in [0.3, 0.4) is 0 Å². The first kappa shape index (κ1) is 18.9. The van der Waals surface area contributed by atoms with E-state index in [1.807, 2.05) is 13.8 Å².